The monoisotopic (exact) mass is 421 g/mol. The van der Waals surface area contributed by atoms with Gasteiger partial charge in [0.05, 0.1) is 6.10 Å². The number of pyridine rings is 1. The van der Waals surface area contributed by atoms with Crippen LogP contribution in [0.2, 0.25) is 0 Å². The van der Waals surface area contributed by atoms with Crippen molar-refractivity contribution in [2.24, 2.45) is 0 Å². The average Bonchev–Trinajstić information content (AvgIpc) is 3.27. The number of piperazine rings is 1. The molecule has 2 aromatic heterocycles. The summed E-state index contributed by atoms with van der Waals surface area (Å²) in [6.45, 7) is 8.27. The minimum absolute atomic E-state index is 0.183. The Morgan fingerprint density at radius 2 is 1.83 bits per heavy atom. The molecule has 1 aliphatic heterocycles. The Labute approximate surface area is 181 Å². The fourth-order valence-corrected chi connectivity index (χ4v) is 4.51. The van der Waals surface area contributed by atoms with Crippen molar-refractivity contribution < 1.29 is 9.53 Å². The summed E-state index contributed by atoms with van der Waals surface area (Å²) in [6.07, 6.45) is 1.61. The van der Waals surface area contributed by atoms with Gasteiger partial charge in [0.2, 0.25) is 0 Å². The lowest BCUT2D eigenvalue weighted by Gasteiger charge is -2.36. The number of aromatic nitrogens is 1. The summed E-state index contributed by atoms with van der Waals surface area (Å²) in [4.78, 5) is 23.8. The Morgan fingerprint density at radius 3 is 2.50 bits per heavy atom. The molecule has 1 fully saturated rings. The van der Waals surface area contributed by atoms with Crippen molar-refractivity contribution in [3.05, 3.63) is 70.5 Å². The van der Waals surface area contributed by atoms with E-state index in [1.54, 1.807) is 17.5 Å². The van der Waals surface area contributed by atoms with Crippen molar-refractivity contribution >= 4 is 23.1 Å². The fraction of sp³-hybridized carbons (Fsp3) is 0.333. The quantitative estimate of drug-likeness (QED) is 0.540. The number of nitrogens with zero attached hydrogens (tertiary/aromatic N) is 3. The molecular formula is C24H27N3O2S. The zero-order chi connectivity index (χ0) is 20.9. The molecule has 3 aromatic rings. The van der Waals surface area contributed by atoms with Crippen LogP contribution in [0.15, 0.2) is 60.1 Å². The second kappa shape index (κ2) is 9.41. The molecule has 30 heavy (non-hydrogen) atoms. The van der Waals surface area contributed by atoms with Gasteiger partial charge >= 0.3 is 5.97 Å². The van der Waals surface area contributed by atoms with E-state index in [1.807, 2.05) is 50.2 Å². The van der Waals surface area contributed by atoms with Crippen LogP contribution in [0, 0.1) is 0 Å². The first-order chi connectivity index (χ1) is 14.6. The van der Waals surface area contributed by atoms with Crippen molar-refractivity contribution in [2.45, 2.75) is 26.5 Å². The minimum atomic E-state index is -0.312. The zero-order valence-electron chi connectivity index (χ0n) is 17.5. The Balaban J connectivity index is 1.60. The van der Waals surface area contributed by atoms with Gasteiger partial charge in [0.15, 0.2) is 0 Å². The molecule has 1 aromatic carbocycles. The number of rotatable bonds is 6. The highest BCUT2D eigenvalue weighted by atomic mass is 32.1. The van der Waals surface area contributed by atoms with Crippen molar-refractivity contribution in [1.29, 1.82) is 0 Å². The average molecular weight is 422 g/mol. The normalized spacial score (nSPS) is 14.8. The molecule has 0 bridgehead atoms. The largest absolute Gasteiger partial charge is 0.459 e. The molecule has 1 aliphatic rings. The van der Waals surface area contributed by atoms with E-state index in [0.29, 0.717) is 5.56 Å². The Kier molecular flexibility index (Phi) is 6.45. The second-order valence-electron chi connectivity index (χ2n) is 7.72. The molecule has 0 amide bonds. The molecule has 0 radical (unpaired) electrons. The number of anilines is 1. The lowest BCUT2D eigenvalue weighted by atomic mass is 10.0. The van der Waals surface area contributed by atoms with Gasteiger partial charge in [0.1, 0.15) is 11.4 Å². The van der Waals surface area contributed by atoms with Crippen LogP contribution in [-0.2, 0) is 11.3 Å². The highest BCUT2D eigenvalue weighted by molar-refractivity contribution is 7.09. The van der Waals surface area contributed by atoms with Crippen molar-refractivity contribution in [2.75, 3.05) is 31.1 Å². The van der Waals surface area contributed by atoms with Crippen molar-refractivity contribution in [3.63, 3.8) is 0 Å². The molecule has 156 valence electrons. The first kappa shape index (κ1) is 20.6. The highest BCUT2D eigenvalue weighted by Crippen LogP contribution is 2.31. The van der Waals surface area contributed by atoms with Crippen LogP contribution >= 0.6 is 11.3 Å². The van der Waals surface area contributed by atoms with Gasteiger partial charge in [-0.2, -0.15) is 0 Å². The maximum absolute atomic E-state index is 13.1. The zero-order valence-corrected chi connectivity index (χ0v) is 18.3. The van der Waals surface area contributed by atoms with E-state index in [1.165, 1.54) is 4.88 Å². The number of hydrogen-bond acceptors (Lipinski definition) is 6. The Bertz CT molecular complexity index is 965. The van der Waals surface area contributed by atoms with E-state index in [2.05, 4.69) is 32.3 Å². The number of esters is 1. The molecule has 0 atom stereocenters. The van der Waals surface area contributed by atoms with Crippen molar-refractivity contribution in [1.82, 2.24) is 9.88 Å². The summed E-state index contributed by atoms with van der Waals surface area (Å²) in [5, 5.41) is 2.12. The molecule has 0 saturated carbocycles. The lowest BCUT2D eigenvalue weighted by molar-refractivity contribution is 0.0379. The molecule has 6 heteroatoms. The molecule has 0 aliphatic carbocycles. The Morgan fingerprint density at radius 1 is 1.07 bits per heavy atom. The molecule has 1 saturated heterocycles. The first-order valence-electron chi connectivity index (χ1n) is 10.4. The van der Waals surface area contributed by atoms with E-state index in [4.69, 9.17) is 4.74 Å². The lowest BCUT2D eigenvalue weighted by Crippen LogP contribution is -2.46. The maximum atomic E-state index is 13.1. The predicted octanol–water partition coefficient (Wildman–Crippen LogP) is 4.70. The van der Waals surface area contributed by atoms with Gasteiger partial charge in [-0.05, 0) is 36.9 Å². The van der Waals surface area contributed by atoms with Gasteiger partial charge < -0.3 is 9.64 Å². The Hall–Kier alpha value is -2.70. The molecule has 0 spiro atoms. The van der Waals surface area contributed by atoms with Gasteiger partial charge in [-0.15, -0.1) is 11.3 Å². The van der Waals surface area contributed by atoms with Gasteiger partial charge in [0.25, 0.3) is 0 Å². The number of benzene rings is 1. The van der Waals surface area contributed by atoms with Crippen molar-refractivity contribution in [3.8, 4) is 11.1 Å². The van der Waals surface area contributed by atoms with Crippen LogP contribution in [0.25, 0.3) is 11.1 Å². The SMILES string of the molecule is CC(C)OC(=O)c1c(-c2ccccc2)ccnc1N1CCN(Cc2cccs2)CC1. The summed E-state index contributed by atoms with van der Waals surface area (Å²) in [7, 11) is 0. The van der Waals surface area contributed by atoms with Gasteiger partial charge in [0, 0.05) is 49.4 Å². The second-order valence-corrected chi connectivity index (χ2v) is 8.75. The molecule has 5 nitrogen and oxygen atoms in total. The smallest absolute Gasteiger partial charge is 0.342 e. The van der Waals surface area contributed by atoms with Crippen LogP contribution < -0.4 is 4.90 Å². The number of ether oxygens (including phenoxy) is 1. The van der Waals surface area contributed by atoms with Crippen LogP contribution in [0.1, 0.15) is 29.1 Å². The molecule has 4 rings (SSSR count). The molecule has 0 unspecified atom stereocenters. The summed E-state index contributed by atoms with van der Waals surface area (Å²) in [5.41, 5.74) is 2.42. The number of carbonyl (C=O) groups excluding carboxylic acids is 1. The van der Waals surface area contributed by atoms with Crippen LogP contribution in [-0.4, -0.2) is 48.1 Å². The minimum Gasteiger partial charge on any atom is -0.459 e. The van der Waals surface area contributed by atoms with Crippen LogP contribution in [0.5, 0.6) is 0 Å². The first-order valence-corrected chi connectivity index (χ1v) is 11.2. The van der Waals surface area contributed by atoms with E-state index in [-0.39, 0.29) is 12.1 Å². The van der Waals surface area contributed by atoms with Crippen LogP contribution in [0.3, 0.4) is 0 Å². The molecular weight excluding hydrogens is 394 g/mol. The topological polar surface area (TPSA) is 45.7 Å². The third kappa shape index (κ3) is 4.71. The van der Waals surface area contributed by atoms with E-state index in [0.717, 1.165) is 49.7 Å². The summed E-state index contributed by atoms with van der Waals surface area (Å²) in [5.74, 6) is 0.408. The van der Waals surface area contributed by atoms with Gasteiger partial charge in [-0.3, -0.25) is 4.90 Å². The summed E-state index contributed by atoms with van der Waals surface area (Å²) >= 11 is 1.80. The number of carbonyl (C=O) groups is 1. The summed E-state index contributed by atoms with van der Waals surface area (Å²) < 4.78 is 5.61. The van der Waals surface area contributed by atoms with Crippen LogP contribution in [0.4, 0.5) is 5.82 Å². The predicted molar refractivity (Wildman–Crippen MR) is 122 cm³/mol. The fourth-order valence-electron chi connectivity index (χ4n) is 3.76. The molecule has 0 N–H and O–H groups in total. The number of hydrogen-bond donors (Lipinski definition) is 0. The maximum Gasteiger partial charge on any atom is 0.342 e. The highest BCUT2D eigenvalue weighted by Gasteiger charge is 2.27. The standard InChI is InChI=1S/C24H27N3O2S/c1-18(2)29-24(28)22-21(19-7-4-3-5-8-19)10-11-25-23(22)27-14-12-26(13-15-27)17-20-9-6-16-30-20/h3-11,16,18H,12-15,17H2,1-2H3. The van der Waals surface area contributed by atoms with Gasteiger partial charge in [-0.25, -0.2) is 9.78 Å². The number of thiophene rings is 1. The van der Waals surface area contributed by atoms with E-state index < -0.39 is 0 Å². The summed E-state index contributed by atoms with van der Waals surface area (Å²) in [6, 6.07) is 16.2. The van der Waals surface area contributed by atoms with E-state index in [9.17, 15) is 4.79 Å². The van der Waals surface area contributed by atoms with E-state index >= 15 is 0 Å². The third-order valence-corrected chi connectivity index (χ3v) is 6.06. The third-order valence-electron chi connectivity index (χ3n) is 5.19. The molecule has 3 heterocycles. The van der Waals surface area contributed by atoms with Gasteiger partial charge in [-0.1, -0.05) is 36.4 Å².